The lowest BCUT2D eigenvalue weighted by Gasteiger charge is -2.16. The molecule has 0 amide bonds. The third-order valence-electron chi connectivity index (χ3n) is 4.10. The number of nitrogens with zero attached hydrogens (tertiary/aromatic N) is 2. The summed E-state index contributed by atoms with van der Waals surface area (Å²) >= 11 is 0. The van der Waals surface area contributed by atoms with E-state index in [9.17, 15) is 4.79 Å². The third-order valence-corrected chi connectivity index (χ3v) is 4.10. The van der Waals surface area contributed by atoms with Gasteiger partial charge in [-0.25, -0.2) is 4.79 Å². The topological polar surface area (TPSA) is 54.5 Å². The quantitative estimate of drug-likeness (QED) is 0.804. The molecule has 2 aliphatic heterocycles. The number of pyridine rings is 1. The van der Waals surface area contributed by atoms with Crippen molar-refractivity contribution in [3.05, 3.63) is 29.6 Å². The van der Waals surface area contributed by atoms with Crippen molar-refractivity contribution in [3.8, 4) is 0 Å². The number of ether oxygens (including phenoxy) is 1. The molecule has 3 rings (SSSR count). The van der Waals surface area contributed by atoms with Crippen molar-refractivity contribution in [1.29, 1.82) is 0 Å². The summed E-state index contributed by atoms with van der Waals surface area (Å²) in [6.45, 7) is 5.47. The highest BCUT2D eigenvalue weighted by Crippen LogP contribution is 2.27. The zero-order chi connectivity index (χ0) is 13.2. The highest BCUT2D eigenvalue weighted by molar-refractivity contribution is 5.88. The van der Waals surface area contributed by atoms with Crippen LogP contribution in [0.5, 0.6) is 0 Å². The first-order valence-electron chi connectivity index (χ1n) is 6.72. The van der Waals surface area contributed by atoms with Gasteiger partial charge in [0.15, 0.2) is 0 Å². The number of carbonyl (C=O) groups excluding carboxylic acids is 1. The molecule has 0 aliphatic carbocycles. The van der Waals surface area contributed by atoms with Crippen LogP contribution >= 0.6 is 0 Å². The molecule has 5 heteroatoms. The Labute approximate surface area is 113 Å². The molecule has 5 nitrogen and oxygen atoms in total. The van der Waals surface area contributed by atoms with Crippen molar-refractivity contribution in [3.63, 3.8) is 0 Å². The minimum Gasteiger partial charge on any atom is -0.465 e. The highest BCUT2D eigenvalue weighted by Gasteiger charge is 2.35. The predicted molar refractivity (Wildman–Crippen MR) is 70.7 cm³/mol. The Hall–Kier alpha value is -1.46. The summed E-state index contributed by atoms with van der Waals surface area (Å²) < 4.78 is 4.66. The van der Waals surface area contributed by atoms with Gasteiger partial charge in [0, 0.05) is 25.8 Å². The molecule has 2 fully saturated rings. The molecule has 2 unspecified atom stereocenters. The van der Waals surface area contributed by atoms with Crippen LogP contribution < -0.4 is 5.32 Å². The van der Waals surface area contributed by atoms with Gasteiger partial charge in [0.2, 0.25) is 0 Å². The van der Waals surface area contributed by atoms with Gasteiger partial charge in [0.05, 0.1) is 18.4 Å². The first kappa shape index (κ1) is 12.6. The van der Waals surface area contributed by atoms with Crippen LogP contribution in [0.3, 0.4) is 0 Å². The van der Waals surface area contributed by atoms with Crippen molar-refractivity contribution < 1.29 is 9.53 Å². The molecule has 19 heavy (non-hydrogen) atoms. The van der Waals surface area contributed by atoms with E-state index in [0.717, 1.165) is 50.3 Å². The smallest absolute Gasteiger partial charge is 0.339 e. The second-order valence-corrected chi connectivity index (χ2v) is 5.40. The number of esters is 1. The first-order chi connectivity index (χ1) is 9.26. The Morgan fingerprint density at radius 2 is 2.16 bits per heavy atom. The number of hydrogen-bond acceptors (Lipinski definition) is 5. The molecule has 2 saturated heterocycles. The zero-order valence-electron chi connectivity index (χ0n) is 11.1. The molecule has 1 N–H and O–H groups in total. The zero-order valence-corrected chi connectivity index (χ0v) is 11.1. The number of hydrogen-bond donors (Lipinski definition) is 1. The van der Waals surface area contributed by atoms with Crippen molar-refractivity contribution in [2.45, 2.75) is 6.54 Å². The molecule has 3 heterocycles. The van der Waals surface area contributed by atoms with Gasteiger partial charge >= 0.3 is 5.97 Å². The van der Waals surface area contributed by atoms with Gasteiger partial charge in [-0.15, -0.1) is 0 Å². The van der Waals surface area contributed by atoms with Crippen molar-refractivity contribution in [1.82, 2.24) is 15.2 Å². The largest absolute Gasteiger partial charge is 0.465 e. The normalized spacial score (nSPS) is 26.4. The standard InChI is InChI=1S/C14H19N3O2/c1-19-14(18)10-2-3-13(16-6-10)9-17-7-11-4-15-5-12(11)8-17/h2-3,6,11-12,15H,4-5,7-9H2,1H3. The van der Waals surface area contributed by atoms with Gasteiger partial charge in [0.1, 0.15) is 0 Å². The van der Waals surface area contributed by atoms with Gasteiger partial charge in [-0.2, -0.15) is 0 Å². The van der Waals surface area contributed by atoms with Gasteiger partial charge in [-0.3, -0.25) is 9.88 Å². The van der Waals surface area contributed by atoms with Gasteiger partial charge in [-0.05, 0) is 37.1 Å². The van der Waals surface area contributed by atoms with Crippen LogP contribution in [0.1, 0.15) is 16.1 Å². The lowest BCUT2D eigenvalue weighted by molar-refractivity contribution is 0.0600. The molecular formula is C14H19N3O2. The SMILES string of the molecule is COC(=O)c1ccc(CN2CC3CNCC3C2)nc1. The fourth-order valence-corrected chi connectivity index (χ4v) is 3.07. The van der Waals surface area contributed by atoms with E-state index in [4.69, 9.17) is 0 Å². The summed E-state index contributed by atoms with van der Waals surface area (Å²) in [5.41, 5.74) is 1.52. The van der Waals surface area contributed by atoms with E-state index >= 15 is 0 Å². The number of nitrogens with one attached hydrogen (secondary N) is 1. The monoisotopic (exact) mass is 261 g/mol. The molecule has 1 aromatic heterocycles. The summed E-state index contributed by atoms with van der Waals surface area (Å²) in [5, 5.41) is 3.44. The average molecular weight is 261 g/mol. The minimum atomic E-state index is -0.333. The summed E-state index contributed by atoms with van der Waals surface area (Å²) in [6.07, 6.45) is 1.60. The van der Waals surface area contributed by atoms with Gasteiger partial charge in [-0.1, -0.05) is 0 Å². The maximum Gasteiger partial charge on any atom is 0.339 e. The summed E-state index contributed by atoms with van der Waals surface area (Å²) in [7, 11) is 1.38. The number of rotatable bonds is 3. The fraction of sp³-hybridized carbons (Fsp3) is 0.571. The third kappa shape index (κ3) is 2.62. The number of likely N-dealkylation sites (tertiary alicyclic amines) is 1. The van der Waals surface area contributed by atoms with E-state index in [1.807, 2.05) is 6.07 Å². The number of methoxy groups -OCH3 is 1. The number of fused-ring (bicyclic) bond motifs is 1. The summed E-state index contributed by atoms with van der Waals surface area (Å²) in [5.74, 6) is 1.27. The van der Waals surface area contributed by atoms with E-state index in [2.05, 4.69) is 19.9 Å². The van der Waals surface area contributed by atoms with Crippen LogP contribution in [0.25, 0.3) is 0 Å². The Balaban J connectivity index is 1.60. The molecule has 1 aromatic rings. The predicted octanol–water partition coefficient (Wildman–Crippen LogP) is 0.519. The Bertz CT molecular complexity index is 448. The van der Waals surface area contributed by atoms with E-state index in [1.54, 1.807) is 12.3 Å². The molecule has 102 valence electrons. The number of carbonyl (C=O) groups is 1. The second kappa shape index (κ2) is 5.27. The first-order valence-corrected chi connectivity index (χ1v) is 6.72. The molecule has 0 bridgehead atoms. The molecule has 0 saturated carbocycles. The fourth-order valence-electron chi connectivity index (χ4n) is 3.07. The molecule has 2 atom stereocenters. The average Bonchev–Trinajstić information content (AvgIpc) is 2.99. The van der Waals surface area contributed by atoms with Gasteiger partial charge in [0.25, 0.3) is 0 Å². The van der Waals surface area contributed by atoms with Crippen LogP contribution in [0.15, 0.2) is 18.3 Å². The van der Waals surface area contributed by atoms with E-state index in [1.165, 1.54) is 7.11 Å². The van der Waals surface area contributed by atoms with Crippen LogP contribution in [-0.2, 0) is 11.3 Å². The molecule has 0 radical (unpaired) electrons. The van der Waals surface area contributed by atoms with Gasteiger partial charge < -0.3 is 10.1 Å². The molecular weight excluding hydrogens is 242 g/mol. The van der Waals surface area contributed by atoms with Crippen molar-refractivity contribution in [2.24, 2.45) is 11.8 Å². The minimum absolute atomic E-state index is 0.333. The van der Waals surface area contributed by atoms with E-state index in [-0.39, 0.29) is 5.97 Å². The second-order valence-electron chi connectivity index (χ2n) is 5.40. The Kier molecular flexibility index (Phi) is 3.48. The van der Waals surface area contributed by atoms with E-state index in [0.29, 0.717) is 5.56 Å². The summed E-state index contributed by atoms with van der Waals surface area (Å²) in [6, 6.07) is 3.70. The van der Waals surface area contributed by atoms with Crippen molar-refractivity contribution >= 4 is 5.97 Å². The van der Waals surface area contributed by atoms with E-state index < -0.39 is 0 Å². The lowest BCUT2D eigenvalue weighted by atomic mass is 10.0. The molecule has 0 spiro atoms. The number of aromatic nitrogens is 1. The maximum atomic E-state index is 11.3. The summed E-state index contributed by atoms with van der Waals surface area (Å²) in [4.78, 5) is 18.1. The Morgan fingerprint density at radius 3 is 2.74 bits per heavy atom. The van der Waals surface area contributed by atoms with Crippen LogP contribution in [-0.4, -0.2) is 49.1 Å². The van der Waals surface area contributed by atoms with Crippen LogP contribution in [0, 0.1) is 11.8 Å². The molecule has 0 aromatic carbocycles. The maximum absolute atomic E-state index is 11.3. The van der Waals surface area contributed by atoms with Crippen molar-refractivity contribution in [2.75, 3.05) is 33.3 Å². The molecule has 2 aliphatic rings. The Morgan fingerprint density at radius 1 is 1.42 bits per heavy atom. The highest BCUT2D eigenvalue weighted by atomic mass is 16.5. The van der Waals surface area contributed by atoms with Crippen LogP contribution in [0.4, 0.5) is 0 Å². The lowest BCUT2D eigenvalue weighted by Crippen LogP contribution is -2.25. The van der Waals surface area contributed by atoms with Crippen LogP contribution in [0.2, 0.25) is 0 Å².